The van der Waals surface area contributed by atoms with Crippen LogP contribution >= 0.6 is 0 Å². The lowest BCUT2D eigenvalue weighted by molar-refractivity contribution is -0.165. The molecule has 0 aliphatic heterocycles. The van der Waals surface area contributed by atoms with Crippen molar-refractivity contribution in [1.29, 1.82) is 0 Å². The summed E-state index contributed by atoms with van der Waals surface area (Å²) in [6.45, 7) is 6.68. The highest BCUT2D eigenvalue weighted by atomic mass is 16.3. The van der Waals surface area contributed by atoms with Crippen molar-refractivity contribution >= 4 is 5.78 Å². The predicted molar refractivity (Wildman–Crippen MR) is 88.8 cm³/mol. The van der Waals surface area contributed by atoms with Gasteiger partial charge in [0.1, 0.15) is 5.78 Å². The van der Waals surface area contributed by atoms with Crippen LogP contribution < -0.4 is 0 Å². The zero-order valence-electron chi connectivity index (χ0n) is 14.9. The molecule has 0 radical (unpaired) electrons. The van der Waals surface area contributed by atoms with Crippen molar-refractivity contribution in [1.82, 2.24) is 0 Å². The zero-order valence-corrected chi connectivity index (χ0v) is 14.9. The van der Waals surface area contributed by atoms with Gasteiger partial charge in [0.15, 0.2) is 0 Å². The number of Topliss-reactive ketones (excluding diaryl/α,β-unsaturated/α-hetero) is 1. The third-order valence-corrected chi connectivity index (χ3v) is 8.89. The number of carbonyl (C=O) groups excluding carboxylic acids is 1. The molecule has 0 saturated heterocycles. The molecule has 4 aliphatic carbocycles. The second-order valence-corrected chi connectivity index (χ2v) is 10.1. The quantitative estimate of drug-likeness (QED) is 0.779. The molecule has 4 fully saturated rings. The smallest absolute Gasteiger partial charge is 0.138 e. The van der Waals surface area contributed by atoms with Crippen molar-refractivity contribution in [2.45, 2.75) is 77.7 Å². The lowest BCUT2D eigenvalue weighted by atomic mass is 9.41. The van der Waals surface area contributed by atoms with Gasteiger partial charge < -0.3 is 10.2 Å². The number of fused-ring (bicyclic) bond motifs is 3. The van der Waals surface area contributed by atoms with E-state index in [2.05, 4.69) is 20.8 Å². The minimum Gasteiger partial charge on any atom is -0.393 e. The number of hydrogen-bond donors (Lipinski definition) is 2. The average Bonchev–Trinajstić information content (AvgIpc) is 2.70. The molecule has 130 valence electrons. The van der Waals surface area contributed by atoms with E-state index in [1.165, 1.54) is 6.42 Å². The normalized spacial score (nSPS) is 54.5. The lowest BCUT2D eigenvalue weighted by Crippen LogP contribution is -2.58. The number of carbonyl (C=O) groups is 1. The summed E-state index contributed by atoms with van der Waals surface area (Å²) in [5.41, 5.74) is -0.612. The van der Waals surface area contributed by atoms with E-state index >= 15 is 0 Å². The van der Waals surface area contributed by atoms with Crippen LogP contribution in [-0.4, -0.2) is 28.2 Å². The van der Waals surface area contributed by atoms with E-state index in [4.69, 9.17) is 0 Å². The molecule has 1 spiro atoms. The Morgan fingerprint density at radius 3 is 2.52 bits per heavy atom. The molecular formula is C20H32O3. The monoisotopic (exact) mass is 320 g/mol. The average molecular weight is 320 g/mol. The van der Waals surface area contributed by atoms with Gasteiger partial charge in [0, 0.05) is 11.8 Å². The van der Waals surface area contributed by atoms with Crippen LogP contribution in [0.5, 0.6) is 0 Å². The third-order valence-electron chi connectivity index (χ3n) is 8.89. The van der Waals surface area contributed by atoms with Crippen LogP contribution in [0.25, 0.3) is 0 Å². The summed E-state index contributed by atoms with van der Waals surface area (Å²) < 4.78 is 0. The van der Waals surface area contributed by atoms with Gasteiger partial charge in [-0.05, 0) is 73.5 Å². The molecule has 3 nitrogen and oxygen atoms in total. The minimum atomic E-state index is -0.849. The molecular weight excluding hydrogens is 288 g/mol. The first-order chi connectivity index (χ1) is 10.7. The Balaban J connectivity index is 1.73. The van der Waals surface area contributed by atoms with Crippen LogP contribution in [0.3, 0.4) is 0 Å². The van der Waals surface area contributed by atoms with Crippen molar-refractivity contribution < 1.29 is 15.0 Å². The molecule has 6 atom stereocenters. The molecule has 0 unspecified atom stereocenters. The van der Waals surface area contributed by atoms with Crippen LogP contribution in [-0.2, 0) is 4.79 Å². The van der Waals surface area contributed by atoms with E-state index in [9.17, 15) is 15.0 Å². The van der Waals surface area contributed by atoms with Gasteiger partial charge in [-0.25, -0.2) is 0 Å². The Kier molecular flexibility index (Phi) is 3.22. The van der Waals surface area contributed by atoms with Gasteiger partial charge in [-0.1, -0.05) is 20.8 Å². The van der Waals surface area contributed by atoms with Crippen molar-refractivity contribution in [2.75, 3.05) is 6.61 Å². The number of ketones is 1. The predicted octanol–water partition coefficient (Wildman–Crippen LogP) is 3.32. The Hall–Kier alpha value is -0.410. The van der Waals surface area contributed by atoms with E-state index < -0.39 is 5.60 Å². The van der Waals surface area contributed by atoms with Crippen molar-refractivity contribution in [2.24, 2.45) is 34.0 Å². The molecule has 4 saturated carbocycles. The molecule has 0 aromatic rings. The molecule has 4 aliphatic rings. The molecule has 2 bridgehead atoms. The maximum atomic E-state index is 12.5. The number of hydrogen-bond acceptors (Lipinski definition) is 3. The fourth-order valence-electron chi connectivity index (χ4n) is 7.83. The zero-order chi connectivity index (χ0) is 16.7. The Labute approximate surface area is 139 Å². The molecule has 3 heteroatoms. The summed E-state index contributed by atoms with van der Waals surface area (Å²) in [7, 11) is 0. The molecule has 2 N–H and O–H groups in total. The van der Waals surface area contributed by atoms with Crippen LogP contribution in [0.15, 0.2) is 0 Å². The van der Waals surface area contributed by atoms with E-state index in [1.807, 2.05) is 0 Å². The molecule has 0 aromatic heterocycles. The van der Waals surface area contributed by atoms with Crippen molar-refractivity contribution in [3.8, 4) is 0 Å². The summed E-state index contributed by atoms with van der Waals surface area (Å²) in [5, 5.41) is 20.7. The van der Waals surface area contributed by atoms with Gasteiger partial charge in [-0.15, -0.1) is 0 Å². The molecule has 0 amide bonds. The first kappa shape index (κ1) is 16.1. The Morgan fingerprint density at radius 2 is 1.83 bits per heavy atom. The highest BCUT2D eigenvalue weighted by molar-refractivity contribution is 5.85. The number of aliphatic hydroxyl groups is 2. The second kappa shape index (κ2) is 4.60. The molecule has 0 aromatic carbocycles. The second-order valence-electron chi connectivity index (χ2n) is 10.1. The first-order valence-electron chi connectivity index (χ1n) is 9.55. The molecule has 0 heterocycles. The van der Waals surface area contributed by atoms with Gasteiger partial charge in [-0.3, -0.25) is 4.79 Å². The van der Waals surface area contributed by atoms with Gasteiger partial charge in [0.2, 0.25) is 0 Å². The highest BCUT2D eigenvalue weighted by Crippen LogP contribution is 2.72. The fourth-order valence-corrected chi connectivity index (χ4v) is 7.83. The van der Waals surface area contributed by atoms with Crippen LogP contribution in [0, 0.1) is 34.0 Å². The van der Waals surface area contributed by atoms with E-state index in [0.717, 1.165) is 44.9 Å². The maximum absolute atomic E-state index is 12.5. The topological polar surface area (TPSA) is 57.5 Å². The van der Waals surface area contributed by atoms with Crippen LogP contribution in [0.2, 0.25) is 0 Å². The third kappa shape index (κ3) is 1.87. The van der Waals surface area contributed by atoms with E-state index in [1.54, 1.807) is 0 Å². The number of aliphatic hydroxyl groups excluding tert-OH is 1. The van der Waals surface area contributed by atoms with E-state index in [-0.39, 0.29) is 28.8 Å². The fraction of sp³-hybridized carbons (Fsp3) is 0.950. The first-order valence-corrected chi connectivity index (χ1v) is 9.55. The summed E-state index contributed by atoms with van der Waals surface area (Å²) in [6.07, 6.45) is 8.07. The summed E-state index contributed by atoms with van der Waals surface area (Å²) in [6, 6.07) is 0. The van der Waals surface area contributed by atoms with Gasteiger partial charge in [-0.2, -0.15) is 0 Å². The largest absolute Gasteiger partial charge is 0.393 e. The molecule has 23 heavy (non-hydrogen) atoms. The van der Waals surface area contributed by atoms with Crippen molar-refractivity contribution in [3.63, 3.8) is 0 Å². The van der Waals surface area contributed by atoms with Crippen LogP contribution in [0.4, 0.5) is 0 Å². The highest BCUT2D eigenvalue weighted by Gasteiger charge is 2.67. The number of rotatable bonds is 1. The molecule has 4 rings (SSSR count). The summed E-state index contributed by atoms with van der Waals surface area (Å²) in [4.78, 5) is 12.5. The minimum absolute atomic E-state index is 0.0870. The SMILES string of the molecule is CC1(C)C(=O)CC[C@@]2(C)[C@H]1CC[C@]13C[C@H](CC[C@@H]12)[C@](O)(CO)C3. The Bertz CT molecular complexity index is 541. The van der Waals surface area contributed by atoms with Gasteiger partial charge in [0.05, 0.1) is 12.2 Å². The lowest BCUT2D eigenvalue weighted by Gasteiger charge is -2.63. The maximum Gasteiger partial charge on any atom is 0.138 e. The van der Waals surface area contributed by atoms with Gasteiger partial charge in [0.25, 0.3) is 0 Å². The standard InChI is InChI=1S/C20H32O3/c1-17(2)14-6-9-19-10-13(20(23,11-19)12-21)4-5-15(19)18(14,3)8-7-16(17)22/h13-15,21,23H,4-12H2,1-3H3/t13-,14-,15+,18-,19+,20+/m0/s1. The van der Waals surface area contributed by atoms with Gasteiger partial charge >= 0.3 is 0 Å². The summed E-state index contributed by atoms with van der Waals surface area (Å²) >= 11 is 0. The van der Waals surface area contributed by atoms with E-state index in [0.29, 0.717) is 17.6 Å². The van der Waals surface area contributed by atoms with Crippen LogP contribution in [0.1, 0.15) is 72.1 Å². The Morgan fingerprint density at radius 1 is 1.09 bits per heavy atom. The van der Waals surface area contributed by atoms with Crippen molar-refractivity contribution in [3.05, 3.63) is 0 Å². The summed E-state index contributed by atoms with van der Waals surface area (Å²) in [5.74, 6) is 1.81.